The fraction of sp³-hybridized carbons (Fsp3) is 0.818. The number of hydrogen-bond acceptors (Lipinski definition) is 2. The Morgan fingerprint density at radius 2 is 2.00 bits per heavy atom. The second-order valence-electron chi connectivity index (χ2n) is 5.40. The number of amides is 2. The van der Waals surface area contributed by atoms with Crippen molar-refractivity contribution in [1.29, 1.82) is 0 Å². The highest BCUT2D eigenvalue weighted by molar-refractivity contribution is 5.53. The minimum absolute atomic E-state index is 0.0615. The van der Waals surface area contributed by atoms with Gasteiger partial charge in [0, 0.05) is 0 Å². The van der Waals surface area contributed by atoms with Crippen LogP contribution < -0.4 is 10.6 Å². The summed E-state index contributed by atoms with van der Waals surface area (Å²) in [6.07, 6.45) is 4.63. The Kier molecular flexibility index (Phi) is 2.24. The van der Waals surface area contributed by atoms with Crippen molar-refractivity contribution >= 4 is 12.8 Å². The summed E-state index contributed by atoms with van der Waals surface area (Å²) in [6, 6.07) is 0.0615. The molecule has 2 aliphatic carbocycles. The van der Waals surface area contributed by atoms with Crippen LogP contribution in [-0.4, -0.2) is 24.4 Å². The maximum absolute atomic E-state index is 10.7. The predicted octanol–water partition coefficient (Wildman–Crippen LogP) is 0.426. The Bertz CT molecular complexity index is 290. The van der Waals surface area contributed by atoms with E-state index in [-0.39, 0.29) is 17.0 Å². The fourth-order valence-electron chi connectivity index (χ4n) is 3.69. The molecule has 84 valence electrons. The van der Waals surface area contributed by atoms with Crippen molar-refractivity contribution in [2.24, 2.45) is 11.3 Å². The van der Waals surface area contributed by atoms with Crippen LogP contribution in [0.2, 0.25) is 0 Å². The summed E-state index contributed by atoms with van der Waals surface area (Å²) in [5.41, 5.74) is -0.119. The van der Waals surface area contributed by atoms with E-state index in [2.05, 4.69) is 24.5 Å². The molecule has 2 aliphatic rings. The van der Waals surface area contributed by atoms with E-state index in [1.54, 1.807) is 0 Å². The van der Waals surface area contributed by atoms with E-state index < -0.39 is 0 Å². The van der Waals surface area contributed by atoms with Crippen molar-refractivity contribution < 1.29 is 9.59 Å². The van der Waals surface area contributed by atoms with Gasteiger partial charge in [-0.25, -0.2) is 0 Å². The zero-order valence-electron chi connectivity index (χ0n) is 9.25. The van der Waals surface area contributed by atoms with Crippen molar-refractivity contribution in [2.75, 3.05) is 0 Å². The van der Waals surface area contributed by atoms with Crippen LogP contribution in [0.5, 0.6) is 0 Å². The second kappa shape index (κ2) is 3.22. The minimum atomic E-state index is -0.198. The van der Waals surface area contributed by atoms with Gasteiger partial charge >= 0.3 is 0 Å². The van der Waals surface area contributed by atoms with Gasteiger partial charge in [0.15, 0.2) is 0 Å². The number of carbonyl (C=O) groups excluding carboxylic acids is 2. The van der Waals surface area contributed by atoms with Crippen LogP contribution in [0.1, 0.15) is 33.1 Å². The molecule has 0 aromatic carbocycles. The summed E-state index contributed by atoms with van der Waals surface area (Å²) < 4.78 is 0. The first-order valence-electron chi connectivity index (χ1n) is 5.48. The van der Waals surface area contributed by atoms with Gasteiger partial charge in [0.2, 0.25) is 12.8 Å². The topological polar surface area (TPSA) is 58.2 Å². The van der Waals surface area contributed by atoms with E-state index in [0.717, 1.165) is 32.1 Å². The van der Waals surface area contributed by atoms with Crippen molar-refractivity contribution in [3.05, 3.63) is 0 Å². The van der Waals surface area contributed by atoms with Crippen LogP contribution in [0.25, 0.3) is 0 Å². The number of rotatable bonds is 4. The molecule has 2 fully saturated rings. The molecule has 0 aromatic rings. The molecule has 0 aliphatic heterocycles. The van der Waals surface area contributed by atoms with Crippen molar-refractivity contribution in [2.45, 2.75) is 44.7 Å². The third-order valence-electron chi connectivity index (χ3n) is 4.48. The van der Waals surface area contributed by atoms with Gasteiger partial charge in [0.25, 0.3) is 0 Å². The van der Waals surface area contributed by atoms with Gasteiger partial charge in [-0.1, -0.05) is 13.8 Å². The molecule has 15 heavy (non-hydrogen) atoms. The standard InChI is InChI=1S/C11H18N2O2/c1-10(2)8-3-4-11(5-8,13-7-15)9(10)12-6-14/h6-9H,3-5H2,1-2H3,(H,12,14)(H,13,15)/t8-,9-,11-/m0/s1. The monoisotopic (exact) mass is 210 g/mol. The highest BCUT2D eigenvalue weighted by Gasteiger charge is 2.61. The molecule has 0 radical (unpaired) electrons. The molecule has 0 saturated heterocycles. The molecule has 0 unspecified atom stereocenters. The normalized spacial score (nSPS) is 41.2. The molecule has 0 aromatic heterocycles. The lowest BCUT2D eigenvalue weighted by atomic mass is 9.71. The van der Waals surface area contributed by atoms with Gasteiger partial charge in [-0.15, -0.1) is 0 Å². The summed E-state index contributed by atoms with van der Waals surface area (Å²) in [5.74, 6) is 0.599. The molecule has 4 nitrogen and oxygen atoms in total. The Balaban J connectivity index is 2.30. The van der Waals surface area contributed by atoms with Crippen LogP contribution >= 0.6 is 0 Å². The lowest BCUT2D eigenvalue weighted by molar-refractivity contribution is -0.114. The third-order valence-corrected chi connectivity index (χ3v) is 4.48. The van der Waals surface area contributed by atoms with E-state index in [1.807, 2.05) is 0 Å². The zero-order chi connectivity index (χ0) is 11.1. The Morgan fingerprint density at radius 1 is 1.27 bits per heavy atom. The number of fused-ring (bicyclic) bond motifs is 2. The lowest BCUT2D eigenvalue weighted by Gasteiger charge is -2.43. The molecule has 2 rings (SSSR count). The molecule has 0 heterocycles. The van der Waals surface area contributed by atoms with E-state index >= 15 is 0 Å². The first-order chi connectivity index (χ1) is 7.07. The van der Waals surface area contributed by atoms with E-state index in [1.165, 1.54) is 0 Å². The molecule has 4 heteroatoms. The maximum atomic E-state index is 10.7. The number of nitrogens with one attached hydrogen (secondary N) is 2. The molecule has 2 N–H and O–H groups in total. The van der Waals surface area contributed by atoms with E-state index in [9.17, 15) is 9.59 Å². The van der Waals surface area contributed by atoms with Gasteiger partial charge in [-0.05, 0) is 30.6 Å². The zero-order valence-corrected chi connectivity index (χ0v) is 9.25. The fourth-order valence-corrected chi connectivity index (χ4v) is 3.69. The molecule has 2 amide bonds. The van der Waals surface area contributed by atoms with Crippen LogP contribution in [0, 0.1) is 11.3 Å². The third kappa shape index (κ3) is 1.27. The summed E-state index contributed by atoms with van der Waals surface area (Å²) in [6.45, 7) is 4.35. The highest BCUT2D eigenvalue weighted by Crippen LogP contribution is 2.57. The number of hydrogen-bond donors (Lipinski definition) is 2. The van der Waals surface area contributed by atoms with Gasteiger partial charge < -0.3 is 10.6 Å². The Morgan fingerprint density at radius 3 is 2.60 bits per heavy atom. The van der Waals surface area contributed by atoms with Gasteiger partial charge in [-0.3, -0.25) is 9.59 Å². The average Bonchev–Trinajstić information content (AvgIpc) is 2.66. The first-order valence-corrected chi connectivity index (χ1v) is 5.48. The SMILES string of the molecule is CC1(C)[C@H]2CC[C@](NC=O)(C2)[C@H]1NC=O. The highest BCUT2D eigenvalue weighted by atomic mass is 16.1. The first kappa shape index (κ1) is 10.5. The van der Waals surface area contributed by atoms with Crippen LogP contribution in [0.15, 0.2) is 0 Å². The van der Waals surface area contributed by atoms with Gasteiger partial charge in [0.1, 0.15) is 0 Å². The van der Waals surface area contributed by atoms with E-state index in [0.29, 0.717) is 5.92 Å². The summed E-state index contributed by atoms with van der Waals surface area (Å²) >= 11 is 0. The largest absolute Gasteiger partial charge is 0.353 e. The molecular formula is C11H18N2O2. The minimum Gasteiger partial charge on any atom is -0.353 e. The summed E-state index contributed by atoms with van der Waals surface area (Å²) in [7, 11) is 0. The molecule has 0 spiro atoms. The second-order valence-corrected chi connectivity index (χ2v) is 5.40. The average molecular weight is 210 g/mol. The number of carbonyl (C=O) groups is 2. The van der Waals surface area contributed by atoms with E-state index in [4.69, 9.17) is 0 Å². The lowest BCUT2D eigenvalue weighted by Crippen LogP contribution is -2.60. The molecule has 2 saturated carbocycles. The summed E-state index contributed by atoms with van der Waals surface area (Å²) in [5, 5.41) is 5.83. The van der Waals surface area contributed by atoms with Gasteiger partial charge in [-0.2, -0.15) is 0 Å². The maximum Gasteiger partial charge on any atom is 0.207 e. The van der Waals surface area contributed by atoms with Crippen molar-refractivity contribution in [3.8, 4) is 0 Å². The summed E-state index contributed by atoms with van der Waals surface area (Å²) in [4.78, 5) is 21.3. The predicted molar refractivity (Wildman–Crippen MR) is 56.0 cm³/mol. The quantitative estimate of drug-likeness (QED) is 0.661. The Labute approximate surface area is 89.8 Å². The van der Waals surface area contributed by atoms with Crippen molar-refractivity contribution in [1.82, 2.24) is 10.6 Å². The van der Waals surface area contributed by atoms with Gasteiger partial charge in [0.05, 0.1) is 11.6 Å². The smallest absolute Gasteiger partial charge is 0.207 e. The Hall–Kier alpha value is -1.06. The van der Waals surface area contributed by atoms with Crippen molar-refractivity contribution in [3.63, 3.8) is 0 Å². The van der Waals surface area contributed by atoms with Crippen LogP contribution in [-0.2, 0) is 9.59 Å². The molecular weight excluding hydrogens is 192 g/mol. The van der Waals surface area contributed by atoms with Crippen LogP contribution in [0.4, 0.5) is 0 Å². The van der Waals surface area contributed by atoms with Crippen LogP contribution in [0.3, 0.4) is 0 Å². The molecule has 2 bridgehead atoms. The molecule has 3 atom stereocenters.